The van der Waals surface area contributed by atoms with Gasteiger partial charge in [0.25, 0.3) is 0 Å². The summed E-state index contributed by atoms with van der Waals surface area (Å²) in [5.41, 5.74) is -0.296. The molecule has 3 saturated heterocycles. The summed E-state index contributed by atoms with van der Waals surface area (Å²) in [6.45, 7) is 2.24. The Morgan fingerprint density at radius 1 is 1.38 bits per heavy atom. The zero-order valence-electron chi connectivity index (χ0n) is 9.26. The Morgan fingerprint density at radius 2 is 2.00 bits per heavy atom. The molecule has 3 aliphatic heterocycles. The Bertz CT molecular complexity index is 288. The third kappa shape index (κ3) is 2.70. The number of ether oxygens (including phenoxy) is 1. The number of phosphoric ester groups is 1. The van der Waals surface area contributed by atoms with E-state index in [1.165, 1.54) is 0 Å². The van der Waals surface area contributed by atoms with Gasteiger partial charge in [0.1, 0.15) is 0 Å². The Kier molecular flexibility index (Phi) is 3.77. The molecule has 3 aliphatic rings. The quantitative estimate of drug-likeness (QED) is 0.417. The lowest BCUT2D eigenvalue weighted by molar-refractivity contribution is -0.125. The SMILES string of the molecule is CN=CCCOCC12COP(=O)(OC1)OC2. The highest BCUT2D eigenvalue weighted by Gasteiger charge is 2.50. The van der Waals surface area contributed by atoms with Crippen molar-refractivity contribution in [2.75, 3.05) is 40.1 Å². The molecule has 0 amide bonds. The molecule has 6 nitrogen and oxygen atoms in total. The number of fused-ring (bicyclic) bond motifs is 3. The largest absolute Gasteiger partial charge is 0.474 e. The molecular formula is C9H16NO5P. The number of hydrogen-bond acceptors (Lipinski definition) is 6. The van der Waals surface area contributed by atoms with Gasteiger partial charge in [-0.2, -0.15) is 0 Å². The van der Waals surface area contributed by atoms with Gasteiger partial charge in [-0.1, -0.05) is 0 Å². The lowest BCUT2D eigenvalue weighted by atomic mass is 9.92. The highest BCUT2D eigenvalue weighted by Crippen LogP contribution is 2.59. The number of rotatable bonds is 5. The van der Waals surface area contributed by atoms with E-state index in [1.54, 1.807) is 13.3 Å². The Balaban J connectivity index is 1.75. The van der Waals surface area contributed by atoms with Crippen LogP contribution in [0.15, 0.2) is 4.99 Å². The fourth-order valence-corrected chi connectivity index (χ4v) is 3.08. The standard InChI is InChI=1S/C9H16NO5P/c1-10-3-2-4-12-5-9-6-13-16(11,14-7-9)15-8-9/h3H,2,4-8H2,1H3. The van der Waals surface area contributed by atoms with Crippen LogP contribution in [0.4, 0.5) is 0 Å². The van der Waals surface area contributed by atoms with Crippen LogP contribution in [0.2, 0.25) is 0 Å². The van der Waals surface area contributed by atoms with Crippen LogP contribution in [0, 0.1) is 5.41 Å². The number of nitrogens with zero attached hydrogens (tertiary/aromatic N) is 1. The summed E-state index contributed by atoms with van der Waals surface area (Å²) < 4.78 is 32.1. The first-order valence-electron chi connectivity index (χ1n) is 5.20. The number of hydrogen-bond donors (Lipinski definition) is 0. The first-order chi connectivity index (χ1) is 7.68. The third-order valence-corrected chi connectivity index (χ3v) is 3.90. The first kappa shape index (κ1) is 12.2. The molecule has 7 heteroatoms. The summed E-state index contributed by atoms with van der Waals surface area (Å²) in [7, 11) is -1.47. The molecule has 16 heavy (non-hydrogen) atoms. The third-order valence-electron chi connectivity index (χ3n) is 2.57. The van der Waals surface area contributed by atoms with Gasteiger partial charge in [-0.25, -0.2) is 4.57 Å². The maximum absolute atomic E-state index is 11.5. The molecule has 3 heterocycles. The highest BCUT2D eigenvalue weighted by atomic mass is 31.2. The van der Waals surface area contributed by atoms with E-state index in [0.717, 1.165) is 6.42 Å². The molecule has 0 spiro atoms. The second-order valence-electron chi connectivity index (χ2n) is 4.05. The van der Waals surface area contributed by atoms with Gasteiger partial charge in [0.15, 0.2) is 0 Å². The molecule has 0 saturated carbocycles. The Hall–Kier alpha value is -0.260. The summed E-state index contributed by atoms with van der Waals surface area (Å²) in [4.78, 5) is 3.86. The summed E-state index contributed by atoms with van der Waals surface area (Å²) in [6, 6.07) is 0. The minimum absolute atomic E-state index is 0.296. The van der Waals surface area contributed by atoms with Gasteiger partial charge in [-0.3, -0.25) is 13.6 Å². The second kappa shape index (κ2) is 4.94. The van der Waals surface area contributed by atoms with Gasteiger partial charge < -0.3 is 9.73 Å². The van der Waals surface area contributed by atoms with Gasteiger partial charge in [-0.05, 0) is 0 Å². The zero-order valence-corrected chi connectivity index (χ0v) is 10.2. The average molecular weight is 249 g/mol. The fourth-order valence-electron chi connectivity index (χ4n) is 1.56. The van der Waals surface area contributed by atoms with Crippen molar-refractivity contribution < 1.29 is 22.9 Å². The zero-order chi connectivity index (χ0) is 11.5. The van der Waals surface area contributed by atoms with E-state index in [-0.39, 0.29) is 5.41 Å². The van der Waals surface area contributed by atoms with Crippen LogP contribution in [0.3, 0.4) is 0 Å². The summed E-state index contributed by atoms with van der Waals surface area (Å²) >= 11 is 0. The van der Waals surface area contributed by atoms with E-state index >= 15 is 0 Å². The smallest absolute Gasteiger partial charge is 0.380 e. The summed E-state index contributed by atoms with van der Waals surface area (Å²) in [5, 5.41) is 0. The van der Waals surface area contributed by atoms with Crippen LogP contribution in [0.5, 0.6) is 0 Å². The van der Waals surface area contributed by atoms with Gasteiger partial charge in [-0.15, -0.1) is 0 Å². The molecule has 0 aromatic carbocycles. The molecule has 3 fully saturated rings. The van der Waals surface area contributed by atoms with E-state index in [1.807, 2.05) is 0 Å². The summed E-state index contributed by atoms with van der Waals surface area (Å²) in [5.74, 6) is 0. The van der Waals surface area contributed by atoms with Gasteiger partial charge in [0.05, 0.1) is 38.4 Å². The predicted octanol–water partition coefficient (Wildman–Crippen LogP) is 1.27. The molecule has 2 bridgehead atoms. The molecule has 0 aliphatic carbocycles. The highest BCUT2D eigenvalue weighted by molar-refractivity contribution is 7.48. The van der Waals surface area contributed by atoms with Crippen molar-refractivity contribution in [3.63, 3.8) is 0 Å². The van der Waals surface area contributed by atoms with E-state index in [4.69, 9.17) is 18.3 Å². The molecule has 0 N–H and O–H groups in total. The Morgan fingerprint density at radius 3 is 2.56 bits per heavy atom. The van der Waals surface area contributed by atoms with Crippen LogP contribution < -0.4 is 0 Å². The van der Waals surface area contributed by atoms with Crippen molar-refractivity contribution in [2.24, 2.45) is 10.4 Å². The minimum Gasteiger partial charge on any atom is -0.380 e. The Labute approximate surface area is 94.5 Å². The van der Waals surface area contributed by atoms with Crippen molar-refractivity contribution in [3.8, 4) is 0 Å². The van der Waals surface area contributed by atoms with Crippen molar-refractivity contribution in [2.45, 2.75) is 6.42 Å². The maximum Gasteiger partial charge on any atom is 0.474 e. The molecular weight excluding hydrogens is 233 g/mol. The monoisotopic (exact) mass is 249 g/mol. The van der Waals surface area contributed by atoms with Crippen LogP contribution in [0.25, 0.3) is 0 Å². The van der Waals surface area contributed by atoms with Gasteiger partial charge in [0, 0.05) is 19.7 Å². The summed E-state index contributed by atoms with van der Waals surface area (Å²) in [6.07, 6.45) is 2.59. The van der Waals surface area contributed by atoms with Gasteiger partial charge in [0.2, 0.25) is 0 Å². The first-order valence-corrected chi connectivity index (χ1v) is 6.66. The van der Waals surface area contributed by atoms with Crippen molar-refractivity contribution in [1.82, 2.24) is 0 Å². The normalized spacial score (nSPS) is 38.3. The minimum atomic E-state index is -3.20. The lowest BCUT2D eigenvalue weighted by Gasteiger charge is -2.43. The molecule has 0 aromatic heterocycles. The van der Waals surface area contributed by atoms with Crippen LogP contribution >= 0.6 is 7.82 Å². The second-order valence-corrected chi connectivity index (χ2v) is 5.72. The predicted molar refractivity (Wildman–Crippen MR) is 57.7 cm³/mol. The van der Waals surface area contributed by atoms with Crippen LogP contribution in [0.1, 0.15) is 6.42 Å². The molecule has 0 atom stereocenters. The van der Waals surface area contributed by atoms with Crippen molar-refractivity contribution in [3.05, 3.63) is 0 Å². The molecule has 0 radical (unpaired) electrons. The number of aliphatic imine (C=N–C) groups is 1. The van der Waals surface area contributed by atoms with Crippen LogP contribution in [-0.2, 0) is 22.9 Å². The maximum atomic E-state index is 11.5. The number of phosphoric acid groups is 1. The van der Waals surface area contributed by atoms with Crippen molar-refractivity contribution in [1.29, 1.82) is 0 Å². The van der Waals surface area contributed by atoms with Gasteiger partial charge >= 0.3 is 7.82 Å². The van der Waals surface area contributed by atoms with E-state index < -0.39 is 7.82 Å². The molecule has 92 valence electrons. The average Bonchev–Trinajstić information content (AvgIpc) is 2.31. The van der Waals surface area contributed by atoms with E-state index in [2.05, 4.69) is 4.99 Å². The molecule has 0 unspecified atom stereocenters. The topological polar surface area (TPSA) is 66.4 Å². The van der Waals surface area contributed by atoms with E-state index in [9.17, 15) is 4.57 Å². The van der Waals surface area contributed by atoms with E-state index in [0.29, 0.717) is 33.0 Å². The van der Waals surface area contributed by atoms with Crippen LogP contribution in [-0.4, -0.2) is 46.3 Å². The van der Waals surface area contributed by atoms with Crippen molar-refractivity contribution >= 4 is 14.0 Å². The molecule has 0 aromatic rings. The lowest BCUT2D eigenvalue weighted by Crippen LogP contribution is -2.47. The fraction of sp³-hybridized carbons (Fsp3) is 0.889. The molecule has 3 rings (SSSR count).